The SMILES string of the molecule is CC(C)(O)C#Cc1ccc(CN2CCc3nnc(CNC(=O)C4CCOC4)n3CC2)cc1. The number of nitrogens with one attached hydrogen (secondary N) is 1. The van der Waals surface area contributed by atoms with Gasteiger partial charge in [0.15, 0.2) is 5.82 Å². The summed E-state index contributed by atoms with van der Waals surface area (Å²) in [5.41, 5.74) is 1.13. The zero-order valence-electron chi connectivity index (χ0n) is 18.8. The molecule has 4 rings (SSSR count). The largest absolute Gasteiger partial charge is 0.381 e. The van der Waals surface area contributed by atoms with E-state index in [1.54, 1.807) is 13.8 Å². The van der Waals surface area contributed by atoms with Crippen LogP contribution in [0.5, 0.6) is 0 Å². The van der Waals surface area contributed by atoms with Crippen LogP contribution in [0.3, 0.4) is 0 Å². The maximum atomic E-state index is 12.3. The van der Waals surface area contributed by atoms with Crippen molar-refractivity contribution in [3.8, 4) is 11.8 Å². The van der Waals surface area contributed by atoms with Crippen LogP contribution in [-0.2, 0) is 35.6 Å². The van der Waals surface area contributed by atoms with Crippen molar-refractivity contribution in [3.05, 3.63) is 47.0 Å². The molecular weight excluding hydrogens is 406 g/mol. The molecule has 1 aromatic heterocycles. The molecule has 2 aliphatic rings. The molecule has 1 atom stereocenters. The summed E-state index contributed by atoms with van der Waals surface area (Å²) in [6.45, 7) is 8.37. The standard InChI is InChI=1S/C24H31N5O3/c1-24(2,31)10-7-18-3-5-19(6-4-18)16-28-11-8-21-26-27-22(29(21)13-12-28)15-25-23(30)20-9-14-32-17-20/h3-6,20,31H,8-9,11-17H2,1-2H3,(H,25,30). The molecule has 0 bridgehead atoms. The monoisotopic (exact) mass is 437 g/mol. The lowest BCUT2D eigenvalue weighted by molar-refractivity contribution is -0.125. The Morgan fingerprint density at radius 1 is 1.25 bits per heavy atom. The molecule has 1 saturated heterocycles. The van der Waals surface area contributed by atoms with Gasteiger partial charge in [-0.1, -0.05) is 24.0 Å². The molecule has 2 N–H and O–H groups in total. The Labute approximate surface area is 189 Å². The van der Waals surface area contributed by atoms with Crippen molar-refractivity contribution < 1.29 is 14.6 Å². The highest BCUT2D eigenvalue weighted by Gasteiger charge is 2.24. The lowest BCUT2D eigenvalue weighted by atomic mass is 10.1. The summed E-state index contributed by atoms with van der Waals surface area (Å²) in [5, 5.41) is 21.4. The molecule has 1 aromatic carbocycles. The fraction of sp³-hybridized carbons (Fsp3) is 0.542. The van der Waals surface area contributed by atoms with Gasteiger partial charge in [0.05, 0.1) is 19.1 Å². The van der Waals surface area contributed by atoms with E-state index in [4.69, 9.17) is 4.74 Å². The summed E-state index contributed by atoms with van der Waals surface area (Å²) < 4.78 is 7.44. The average Bonchev–Trinajstić information content (AvgIpc) is 3.39. The molecule has 0 spiro atoms. The van der Waals surface area contributed by atoms with Crippen molar-refractivity contribution in [2.45, 2.75) is 51.9 Å². The Morgan fingerprint density at radius 3 is 2.78 bits per heavy atom. The molecular formula is C24H31N5O3. The van der Waals surface area contributed by atoms with E-state index >= 15 is 0 Å². The van der Waals surface area contributed by atoms with Gasteiger partial charge in [0, 0.05) is 44.8 Å². The van der Waals surface area contributed by atoms with Crippen LogP contribution >= 0.6 is 0 Å². The van der Waals surface area contributed by atoms with Crippen molar-refractivity contribution in [1.29, 1.82) is 0 Å². The predicted octanol–water partition coefficient (Wildman–Crippen LogP) is 1.11. The van der Waals surface area contributed by atoms with E-state index in [2.05, 4.69) is 49.0 Å². The second-order valence-electron chi connectivity index (χ2n) is 8.99. The quantitative estimate of drug-likeness (QED) is 0.681. The zero-order valence-corrected chi connectivity index (χ0v) is 18.8. The van der Waals surface area contributed by atoms with Crippen molar-refractivity contribution in [2.24, 2.45) is 5.92 Å². The summed E-state index contributed by atoms with van der Waals surface area (Å²) >= 11 is 0. The van der Waals surface area contributed by atoms with E-state index in [-0.39, 0.29) is 11.8 Å². The third-order valence-corrected chi connectivity index (χ3v) is 5.79. The highest BCUT2D eigenvalue weighted by Crippen LogP contribution is 2.15. The third kappa shape index (κ3) is 5.94. The number of ether oxygens (including phenoxy) is 1. The van der Waals surface area contributed by atoms with Gasteiger partial charge in [-0.25, -0.2) is 0 Å². The van der Waals surface area contributed by atoms with Gasteiger partial charge >= 0.3 is 0 Å². The maximum Gasteiger partial charge on any atom is 0.225 e. The number of benzene rings is 1. The predicted molar refractivity (Wildman–Crippen MR) is 119 cm³/mol. The van der Waals surface area contributed by atoms with Crippen molar-refractivity contribution in [1.82, 2.24) is 25.0 Å². The van der Waals surface area contributed by atoms with E-state index < -0.39 is 5.60 Å². The second kappa shape index (κ2) is 9.82. The summed E-state index contributed by atoms with van der Waals surface area (Å²) in [6.07, 6.45) is 1.61. The number of fused-ring (bicyclic) bond motifs is 1. The van der Waals surface area contributed by atoms with Gasteiger partial charge in [0.2, 0.25) is 5.91 Å². The Balaban J connectivity index is 1.31. The summed E-state index contributed by atoms with van der Waals surface area (Å²) in [4.78, 5) is 14.7. The molecule has 1 fully saturated rings. The fourth-order valence-electron chi connectivity index (χ4n) is 3.94. The lowest BCUT2D eigenvalue weighted by Crippen LogP contribution is -2.32. The first-order valence-electron chi connectivity index (χ1n) is 11.2. The first-order valence-corrected chi connectivity index (χ1v) is 11.2. The molecule has 3 heterocycles. The number of carbonyl (C=O) groups excluding carboxylic acids is 1. The number of rotatable bonds is 5. The average molecular weight is 438 g/mol. The van der Waals surface area contributed by atoms with Gasteiger partial charge < -0.3 is 19.7 Å². The molecule has 0 radical (unpaired) electrons. The normalized spacial score (nSPS) is 19.0. The van der Waals surface area contributed by atoms with E-state index in [1.165, 1.54) is 5.56 Å². The van der Waals surface area contributed by atoms with E-state index in [1.807, 2.05) is 12.1 Å². The molecule has 170 valence electrons. The zero-order chi connectivity index (χ0) is 22.6. The first kappa shape index (κ1) is 22.5. The maximum absolute atomic E-state index is 12.3. The van der Waals surface area contributed by atoms with Gasteiger partial charge in [-0.05, 0) is 38.0 Å². The number of aromatic nitrogens is 3. The first-order chi connectivity index (χ1) is 15.4. The van der Waals surface area contributed by atoms with E-state index in [0.717, 1.165) is 56.2 Å². The van der Waals surface area contributed by atoms with Crippen LogP contribution < -0.4 is 5.32 Å². The molecule has 0 aliphatic carbocycles. The topological polar surface area (TPSA) is 92.5 Å². The Hall–Kier alpha value is -2.73. The molecule has 8 heteroatoms. The van der Waals surface area contributed by atoms with Crippen molar-refractivity contribution in [2.75, 3.05) is 26.3 Å². The van der Waals surface area contributed by atoms with Gasteiger partial charge in [-0.3, -0.25) is 9.69 Å². The van der Waals surface area contributed by atoms with Gasteiger partial charge in [-0.2, -0.15) is 0 Å². The van der Waals surface area contributed by atoms with Gasteiger partial charge in [0.25, 0.3) is 0 Å². The Bertz CT molecular complexity index is 991. The molecule has 0 saturated carbocycles. The highest BCUT2D eigenvalue weighted by atomic mass is 16.5. The summed E-state index contributed by atoms with van der Waals surface area (Å²) in [6, 6.07) is 8.17. The van der Waals surface area contributed by atoms with E-state index in [0.29, 0.717) is 19.8 Å². The van der Waals surface area contributed by atoms with Crippen LogP contribution in [0, 0.1) is 17.8 Å². The highest BCUT2D eigenvalue weighted by molar-refractivity contribution is 5.78. The molecule has 2 aromatic rings. The van der Waals surface area contributed by atoms with Crippen LogP contribution in [0.1, 0.15) is 43.0 Å². The minimum absolute atomic E-state index is 0.0331. The van der Waals surface area contributed by atoms with Crippen LogP contribution in [0.4, 0.5) is 0 Å². The van der Waals surface area contributed by atoms with Crippen LogP contribution in [0.25, 0.3) is 0 Å². The van der Waals surface area contributed by atoms with E-state index in [9.17, 15) is 9.90 Å². The van der Waals surface area contributed by atoms with Gasteiger partial charge in [-0.15, -0.1) is 10.2 Å². The van der Waals surface area contributed by atoms with Crippen LogP contribution in [0.15, 0.2) is 24.3 Å². The fourth-order valence-corrected chi connectivity index (χ4v) is 3.94. The summed E-state index contributed by atoms with van der Waals surface area (Å²) in [7, 11) is 0. The molecule has 8 nitrogen and oxygen atoms in total. The minimum atomic E-state index is -0.989. The van der Waals surface area contributed by atoms with Crippen LogP contribution in [0.2, 0.25) is 0 Å². The number of hydrogen-bond donors (Lipinski definition) is 2. The number of carbonyl (C=O) groups is 1. The number of amides is 1. The molecule has 1 amide bonds. The summed E-state index contributed by atoms with van der Waals surface area (Å²) in [5.74, 6) is 7.61. The van der Waals surface area contributed by atoms with Crippen molar-refractivity contribution >= 4 is 5.91 Å². The molecule has 1 unspecified atom stereocenters. The third-order valence-electron chi connectivity index (χ3n) is 5.79. The lowest BCUT2D eigenvalue weighted by Gasteiger charge is -2.19. The van der Waals surface area contributed by atoms with Crippen molar-refractivity contribution in [3.63, 3.8) is 0 Å². The number of hydrogen-bond acceptors (Lipinski definition) is 6. The Morgan fingerprint density at radius 2 is 2.06 bits per heavy atom. The second-order valence-corrected chi connectivity index (χ2v) is 8.99. The van der Waals surface area contributed by atoms with Crippen LogP contribution in [-0.4, -0.2) is 62.6 Å². The number of aliphatic hydroxyl groups is 1. The number of nitrogens with zero attached hydrogens (tertiary/aromatic N) is 4. The molecule has 32 heavy (non-hydrogen) atoms. The minimum Gasteiger partial charge on any atom is -0.381 e. The smallest absolute Gasteiger partial charge is 0.225 e. The van der Waals surface area contributed by atoms with Gasteiger partial charge in [0.1, 0.15) is 11.4 Å². The molecule has 2 aliphatic heterocycles. The Kier molecular flexibility index (Phi) is 6.89.